The fourth-order valence-electron chi connectivity index (χ4n) is 3.32. The minimum atomic E-state index is -0.182. The molecule has 0 aliphatic carbocycles. The van der Waals surface area contributed by atoms with Gasteiger partial charge in [-0.05, 0) is 57.6 Å². The molecule has 2 amide bonds. The summed E-state index contributed by atoms with van der Waals surface area (Å²) in [7, 11) is 0. The van der Waals surface area contributed by atoms with Gasteiger partial charge in [0.15, 0.2) is 6.04 Å². The van der Waals surface area contributed by atoms with Crippen molar-refractivity contribution in [3.05, 3.63) is 29.3 Å². The molecule has 1 aliphatic rings. The number of carbonyl (C=O) groups is 2. The van der Waals surface area contributed by atoms with Crippen molar-refractivity contribution in [2.45, 2.75) is 52.5 Å². The number of para-hydroxylation sites is 1. The van der Waals surface area contributed by atoms with E-state index in [0.717, 1.165) is 29.9 Å². The standard InChI is InChI=1S/C19H29N3O2/c1-14-9-8-10-15(2)18(14)21-17(23)13-20-19(24)16(3)22-11-6-4-5-7-12-22/h8-10,16H,4-7,11-13H2,1-3H3,(H,20,24)(H,21,23)/p+1/t16-/m1/s1. The third kappa shape index (κ3) is 5.06. The van der Waals surface area contributed by atoms with E-state index in [1.54, 1.807) is 0 Å². The van der Waals surface area contributed by atoms with E-state index in [-0.39, 0.29) is 24.4 Å². The molecule has 1 fully saturated rings. The number of nitrogens with one attached hydrogen (secondary N) is 3. The summed E-state index contributed by atoms with van der Waals surface area (Å²) in [5.41, 5.74) is 2.89. The summed E-state index contributed by atoms with van der Waals surface area (Å²) in [4.78, 5) is 25.8. The molecule has 3 N–H and O–H groups in total. The molecule has 1 aromatic rings. The number of likely N-dealkylation sites (tertiary alicyclic amines) is 1. The van der Waals surface area contributed by atoms with Crippen molar-refractivity contribution in [2.24, 2.45) is 0 Å². The minimum absolute atomic E-state index is 0.0181. The number of amides is 2. The van der Waals surface area contributed by atoms with Crippen molar-refractivity contribution in [1.82, 2.24) is 5.32 Å². The zero-order valence-corrected chi connectivity index (χ0v) is 15.1. The average Bonchev–Trinajstić information content (AvgIpc) is 2.84. The molecule has 0 aromatic heterocycles. The van der Waals surface area contributed by atoms with Crippen molar-refractivity contribution in [2.75, 3.05) is 25.0 Å². The first-order valence-corrected chi connectivity index (χ1v) is 8.97. The van der Waals surface area contributed by atoms with Crippen LogP contribution < -0.4 is 15.5 Å². The molecule has 24 heavy (non-hydrogen) atoms. The van der Waals surface area contributed by atoms with Crippen LogP contribution in [0.5, 0.6) is 0 Å². The number of carbonyl (C=O) groups excluding carboxylic acids is 2. The summed E-state index contributed by atoms with van der Waals surface area (Å²) in [6, 6.07) is 5.79. The van der Waals surface area contributed by atoms with Gasteiger partial charge in [-0.1, -0.05) is 18.2 Å². The summed E-state index contributed by atoms with van der Waals surface area (Å²) >= 11 is 0. The van der Waals surface area contributed by atoms with Crippen LogP contribution in [0.4, 0.5) is 5.69 Å². The lowest BCUT2D eigenvalue weighted by molar-refractivity contribution is -0.913. The highest BCUT2D eigenvalue weighted by Crippen LogP contribution is 2.18. The Kier molecular flexibility index (Phi) is 6.79. The van der Waals surface area contributed by atoms with Crippen molar-refractivity contribution >= 4 is 17.5 Å². The summed E-state index contributed by atoms with van der Waals surface area (Å²) in [5.74, 6) is -0.220. The van der Waals surface area contributed by atoms with Gasteiger partial charge in [-0.2, -0.15) is 0 Å². The Morgan fingerprint density at radius 3 is 2.25 bits per heavy atom. The van der Waals surface area contributed by atoms with E-state index in [0.29, 0.717) is 0 Å². The fraction of sp³-hybridized carbons (Fsp3) is 0.579. The van der Waals surface area contributed by atoms with Gasteiger partial charge < -0.3 is 15.5 Å². The van der Waals surface area contributed by atoms with E-state index in [1.807, 2.05) is 39.0 Å². The van der Waals surface area contributed by atoms with Crippen LogP contribution in [0.15, 0.2) is 18.2 Å². The molecule has 2 rings (SSSR count). The van der Waals surface area contributed by atoms with Gasteiger partial charge in [-0.3, -0.25) is 9.59 Å². The number of hydrogen-bond donors (Lipinski definition) is 3. The van der Waals surface area contributed by atoms with Crippen LogP contribution in [0.3, 0.4) is 0 Å². The summed E-state index contributed by atoms with van der Waals surface area (Å²) < 4.78 is 0. The lowest BCUT2D eigenvalue weighted by atomic mass is 10.1. The van der Waals surface area contributed by atoms with Crippen LogP contribution in [-0.4, -0.2) is 37.5 Å². The van der Waals surface area contributed by atoms with Crippen LogP contribution >= 0.6 is 0 Å². The second kappa shape index (κ2) is 8.83. The molecule has 5 nitrogen and oxygen atoms in total. The number of anilines is 1. The summed E-state index contributed by atoms with van der Waals surface area (Å²) in [6.07, 6.45) is 4.88. The topological polar surface area (TPSA) is 62.6 Å². The molecule has 5 heteroatoms. The van der Waals surface area contributed by atoms with Crippen molar-refractivity contribution in [1.29, 1.82) is 0 Å². The molecule has 0 radical (unpaired) electrons. The number of aryl methyl sites for hydroxylation is 2. The first-order chi connectivity index (χ1) is 11.5. The largest absolute Gasteiger partial charge is 0.342 e. The molecule has 0 bridgehead atoms. The van der Waals surface area contributed by atoms with Gasteiger partial charge in [0.25, 0.3) is 5.91 Å². The summed E-state index contributed by atoms with van der Waals surface area (Å²) in [5, 5.41) is 5.69. The molecule has 0 unspecified atom stereocenters. The zero-order chi connectivity index (χ0) is 17.5. The fourth-order valence-corrected chi connectivity index (χ4v) is 3.32. The van der Waals surface area contributed by atoms with Crippen molar-refractivity contribution in [3.63, 3.8) is 0 Å². The molecule has 1 heterocycles. The van der Waals surface area contributed by atoms with Crippen molar-refractivity contribution < 1.29 is 14.5 Å². The monoisotopic (exact) mass is 332 g/mol. The lowest BCUT2D eigenvalue weighted by Gasteiger charge is -2.23. The molecule has 0 saturated carbocycles. The lowest BCUT2D eigenvalue weighted by Crippen LogP contribution is -3.16. The molecule has 0 spiro atoms. The first-order valence-electron chi connectivity index (χ1n) is 8.97. The van der Waals surface area contributed by atoms with E-state index in [4.69, 9.17) is 0 Å². The maximum Gasteiger partial charge on any atom is 0.278 e. The molecule has 1 saturated heterocycles. The predicted octanol–water partition coefficient (Wildman–Crippen LogP) is 1.21. The SMILES string of the molecule is Cc1cccc(C)c1NC(=O)CNC(=O)[C@@H](C)[NH+]1CCCCCC1. The highest BCUT2D eigenvalue weighted by molar-refractivity contribution is 5.96. The van der Waals surface area contributed by atoms with E-state index in [2.05, 4.69) is 10.6 Å². The first kappa shape index (κ1) is 18.5. The van der Waals surface area contributed by atoms with Crippen molar-refractivity contribution in [3.8, 4) is 0 Å². The Balaban J connectivity index is 1.83. The second-order valence-corrected chi connectivity index (χ2v) is 6.83. The zero-order valence-electron chi connectivity index (χ0n) is 15.1. The highest BCUT2D eigenvalue weighted by atomic mass is 16.2. The Labute approximate surface area is 144 Å². The van der Waals surface area contributed by atoms with Crippen LogP contribution in [0.2, 0.25) is 0 Å². The Bertz CT molecular complexity index is 558. The van der Waals surface area contributed by atoms with E-state index in [9.17, 15) is 9.59 Å². The van der Waals surface area contributed by atoms with Gasteiger partial charge in [-0.15, -0.1) is 0 Å². The molecule has 1 atom stereocenters. The predicted molar refractivity (Wildman–Crippen MR) is 96.2 cm³/mol. The molecular weight excluding hydrogens is 302 g/mol. The van der Waals surface area contributed by atoms with Gasteiger partial charge in [0, 0.05) is 5.69 Å². The Morgan fingerprint density at radius 1 is 1.08 bits per heavy atom. The van der Waals surface area contributed by atoms with Gasteiger partial charge in [0.05, 0.1) is 19.6 Å². The van der Waals surface area contributed by atoms with Gasteiger partial charge in [-0.25, -0.2) is 0 Å². The maximum atomic E-state index is 12.3. The van der Waals surface area contributed by atoms with Gasteiger partial charge >= 0.3 is 0 Å². The normalized spacial score (nSPS) is 17.0. The highest BCUT2D eigenvalue weighted by Gasteiger charge is 2.25. The third-order valence-corrected chi connectivity index (χ3v) is 4.92. The molecule has 1 aliphatic heterocycles. The number of benzene rings is 1. The Hall–Kier alpha value is -1.88. The second-order valence-electron chi connectivity index (χ2n) is 6.83. The number of rotatable bonds is 5. The molecule has 132 valence electrons. The smallest absolute Gasteiger partial charge is 0.278 e. The maximum absolute atomic E-state index is 12.3. The Morgan fingerprint density at radius 2 is 1.67 bits per heavy atom. The van der Waals surface area contributed by atoms with Crippen LogP contribution in [0.25, 0.3) is 0 Å². The molecule has 1 aromatic carbocycles. The average molecular weight is 332 g/mol. The third-order valence-electron chi connectivity index (χ3n) is 4.92. The van der Waals surface area contributed by atoms with Crippen LogP contribution in [0, 0.1) is 13.8 Å². The van der Waals surface area contributed by atoms with E-state index in [1.165, 1.54) is 30.6 Å². The number of hydrogen-bond acceptors (Lipinski definition) is 2. The minimum Gasteiger partial charge on any atom is -0.342 e. The molecular formula is C19H30N3O2+. The quantitative estimate of drug-likeness (QED) is 0.759. The van der Waals surface area contributed by atoms with Gasteiger partial charge in [0.2, 0.25) is 5.91 Å². The van der Waals surface area contributed by atoms with Crippen LogP contribution in [-0.2, 0) is 9.59 Å². The van der Waals surface area contributed by atoms with E-state index < -0.39 is 0 Å². The van der Waals surface area contributed by atoms with E-state index >= 15 is 0 Å². The van der Waals surface area contributed by atoms with Gasteiger partial charge in [0.1, 0.15) is 0 Å². The van der Waals surface area contributed by atoms with Crippen LogP contribution in [0.1, 0.15) is 43.7 Å². The number of quaternary nitrogens is 1. The summed E-state index contributed by atoms with van der Waals surface area (Å²) in [6.45, 7) is 7.99.